The lowest BCUT2D eigenvalue weighted by Crippen LogP contribution is -2.28. The molecule has 0 aliphatic heterocycles. The Balaban J connectivity index is 1.83. The van der Waals surface area contributed by atoms with Crippen molar-refractivity contribution >= 4 is 11.3 Å². The van der Waals surface area contributed by atoms with Crippen molar-refractivity contribution in [1.82, 2.24) is 0 Å². The van der Waals surface area contributed by atoms with Crippen molar-refractivity contribution in [3.63, 3.8) is 0 Å². The van der Waals surface area contributed by atoms with E-state index < -0.39 is 0 Å². The second kappa shape index (κ2) is 4.46. The Morgan fingerprint density at radius 1 is 1.16 bits per heavy atom. The van der Waals surface area contributed by atoms with Crippen molar-refractivity contribution in [2.45, 2.75) is 44.6 Å². The highest BCUT2D eigenvalue weighted by Crippen LogP contribution is 2.44. The van der Waals surface area contributed by atoms with Gasteiger partial charge in [-0.3, -0.25) is 0 Å². The molecule has 2 atom stereocenters. The summed E-state index contributed by atoms with van der Waals surface area (Å²) in [5, 5.41) is 0. The minimum atomic E-state index is 0.149. The first-order valence-corrected chi connectivity index (χ1v) is 7.72. The van der Waals surface area contributed by atoms with Gasteiger partial charge in [-0.25, -0.2) is 0 Å². The number of rotatable bonds is 2. The number of hydrogen-bond donors (Lipinski definition) is 1. The standard InChI is InChI=1S/C17H21NS/c1-17(2,3)15-9-8-14(19-15)16(18)13-10-11-6-4-5-7-12(11)13/h4-9,13,16H,10,18H2,1-3H3. The Hall–Kier alpha value is -1.12. The fourth-order valence-corrected chi connectivity index (χ4v) is 3.88. The third kappa shape index (κ3) is 2.24. The molecule has 1 nitrogen and oxygen atoms in total. The summed E-state index contributed by atoms with van der Waals surface area (Å²) >= 11 is 1.88. The van der Waals surface area contributed by atoms with Crippen LogP contribution in [0, 0.1) is 0 Å². The fourth-order valence-electron chi connectivity index (χ4n) is 2.75. The van der Waals surface area contributed by atoms with Crippen LogP contribution in [0.5, 0.6) is 0 Å². The SMILES string of the molecule is CC(C)(C)c1ccc(C(N)C2Cc3ccccc32)s1. The van der Waals surface area contributed by atoms with Crippen LogP contribution in [0.25, 0.3) is 0 Å². The molecule has 1 aliphatic carbocycles. The maximum absolute atomic E-state index is 6.48. The van der Waals surface area contributed by atoms with Crippen molar-refractivity contribution < 1.29 is 0 Å². The molecule has 2 heteroatoms. The van der Waals surface area contributed by atoms with E-state index >= 15 is 0 Å². The molecule has 0 radical (unpaired) electrons. The minimum Gasteiger partial charge on any atom is -0.323 e. The van der Waals surface area contributed by atoms with Crippen molar-refractivity contribution in [2.24, 2.45) is 5.73 Å². The van der Waals surface area contributed by atoms with E-state index in [1.165, 1.54) is 20.9 Å². The summed E-state index contributed by atoms with van der Waals surface area (Å²) in [6.45, 7) is 6.77. The van der Waals surface area contributed by atoms with Crippen LogP contribution in [0.15, 0.2) is 36.4 Å². The molecule has 3 rings (SSSR count). The minimum absolute atomic E-state index is 0.149. The summed E-state index contributed by atoms with van der Waals surface area (Å²) in [6, 6.07) is 13.3. The van der Waals surface area contributed by atoms with Gasteiger partial charge in [0.25, 0.3) is 0 Å². The Bertz CT molecular complexity index is 591. The van der Waals surface area contributed by atoms with Gasteiger partial charge in [0.15, 0.2) is 0 Å². The molecule has 100 valence electrons. The molecule has 0 saturated heterocycles. The Kier molecular flexibility index (Phi) is 3.03. The van der Waals surface area contributed by atoms with E-state index in [1.54, 1.807) is 0 Å². The van der Waals surface area contributed by atoms with Gasteiger partial charge < -0.3 is 5.73 Å². The zero-order valence-corrected chi connectivity index (χ0v) is 12.6. The van der Waals surface area contributed by atoms with E-state index in [9.17, 15) is 0 Å². The highest BCUT2D eigenvalue weighted by atomic mass is 32.1. The molecule has 2 aromatic rings. The molecule has 2 unspecified atom stereocenters. The van der Waals surface area contributed by atoms with Crippen molar-refractivity contribution in [1.29, 1.82) is 0 Å². The molecule has 0 spiro atoms. The molecule has 0 bridgehead atoms. The smallest absolute Gasteiger partial charge is 0.0462 e. The van der Waals surface area contributed by atoms with Crippen LogP contribution >= 0.6 is 11.3 Å². The van der Waals surface area contributed by atoms with E-state index in [1.807, 2.05) is 11.3 Å². The zero-order chi connectivity index (χ0) is 13.6. The third-order valence-electron chi connectivity index (χ3n) is 4.02. The monoisotopic (exact) mass is 271 g/mol. The van der Waals surface area contributed by atoms with Crippen LogP contribution in [0.4, 0.5) is 0 Å². The number of nitrogens with two attached hydrogens (primary N) is 1. The second-order valence-electron chi connectivity index (χ2n) is 6.49. The van der Waals surface area contributed by atoms with E-state index in [0.29, 0.717) is 5.92 Å². The van der Waals surface area contributed by atoms with Crippen LogP contribution < -0.4 is 5.73 Å². The second-order valence-corrected chi connectivity index (χ2v) is 7.60. The quantitative estimate of drug-likeness (QED) is 0.861. The molecular formula is C17H21NS. The fraction of sp³-hybridized carbons (Fsp3) is 0.412. The van der Waals surface area contributed by atoms with E-state index in [-0.39, 0.29) is 11.5 Å². The van der Waals surface area contributed by atoms with Crippen molar-refractivity contribution in [2.75, 3.05) is 0 Å². The topological polar surface area (TPSA) is 26.0 Å². The summed E-state index contributed by atoms with van der Waals surface area (Å²) in [4.78, 5) is 2.75. The Morgan fingerprint density at radius 2 is 1.89 bits per heavy atom. The van der Waals surface area contributed by atoms with Crippen LogP contribution in [-0.2, 0) is 11.8 Å². The number of hydrogen-bond acceptors (Lipinski definition) is 2. The molecule has 1 aromatic carbocycles. The summed E-state index contributed by atoms with van der Waals surface area (Å²) in [7, 11) is 0. The highest BCUT2D eigenvalue weighted by molar-refractivity contribution is 7.12. The predicted octanol–water partition coefficient (Wildman–Crippen LogP) is 4.39. The van der Waals surface area contributed by atoms with Crippen LogP contribution in [-0.4, -0.2) is 0 Å². The average Bonchev–Trinajstić information content (AvgIpc) is 2.79. The van der Waals surface area contributed by atoms with Crippen molar-refractivity contribution in [3.05, 3.63) is 57.3 Å². The Morgan fingerprint density at radius 3 is 2.53 bits per heavy atom. The van der Waals surface area contributed by atoms with Gasteiger partial charge in [0, 0.05) is 21.7 Å². The van der Waals surface area contributed by atoms with Gasteiger partial charge in [-0.05, 0) is 35.1 Å². The van der Waals surface area contributed by atoms with Crippen molar-refractivity contribution in [3.8, 4) is 0 Å². The molecule has 1 heterocycles. The Labute approximate surface area is 119 Å². The summed E-state index contributed by atoms with van der Waals surface area (Å²) < 4.78 is 0. The van der Waals surface area contributed by atoms with Gasteiger partial charge >= 0.3 is 0 Å². The molecular weight excluding hydrogens is 250 g/mol. The molecule has 1 aliphatic rings. The number of thiophene rings is 1. The van der Waals surface area contributed by atoms with E-state index in [0.717, 1.165) is 6.42 Å². The zero-order valence-electron chi connectivity index (χ0n) is 11.8. The maximum Gasteiger partial charge on any atom is 0.0462 e. The molecule has 2 N–H and O–H groups in total. The van der Waals surface area contributed by atoms with Gasteiger partial charge in [0.2, 0.25) is 0 Å². The summed E-state index contributed by atoms with van der Waals surface area (Å²) in [5.41, 5.74) is 9.62. The third-order valence-corrected chi connectivity index (χ3v) is 5.63. The first-order chi connectivity index (χ1) is 8.97. The van der Waals surface area contributed by atoms with Gasteiger partial charge in [0.1, 0.15) is 0 Å². The van der Waals surface area contributed by atoms with Gasteiger partial charge in [-0.15, -0.1) is 11.3 Å². The molecule has 1 aromatic heterocycles. The first kappa shape index (κ1) is 12.9. The average molecular weight is 271 g/mol. The molecule has 0 saturated carbocycles. The lowest BCUT2D eigenvalue weighted by molar-refractivity contribution is 0.506. The number of benzene rings is 1. The van der Waals surface area contributed by atoms with Gasteiger partial charge in [0.05, 0.1) is 0 Å². The van der Waals surface area contributed by atoms with Crippen LogP contribution in [0.2, 0.25) is 0 Å². The van der Waals surface area contributed by atoms with Crippen LogP contribution in [0.1, 0.15) is 53.6 Å². The summed E-state index contributed by atoms with van der Waals surface area (Å²) in [6.07, 6.45) is 1.13. The first-order valence-electron chi connectivity index (χ1n) is 6.90. The lowest BCUT2D eigenvalue weighted by Gasteiger charge is -2.34. The summed E-state index contributed by atoms with van der Waals surface area (Å²) in [5.74, 6) is 0.502. The van der Waals surface area contributed by atoms with Gasteiger partial charge in [-0.2, -0.15) is 0 Å². The maximum atomic E-state index is 6.48. The molecule has 19 heavy (non-hydrogen) atoms. The predicted molar refractivity (Wildman–Crippen MR) is 82.8 cm³/mol. The van der Waals surface area contributed by atoms with Gasteiger partial charge in [-0.1, -0.05) is 45.0 Å². The van der Waals surface area contributed by atoms with E-state index in [4.69, 9.17) is 5.73 Å². The molecule has 0 amide bonds. The molecule has 0 fully saturated rings. The van der Waals surface area contributed by atoms with Crippen LogP contribution in [0.3, 0.4) is 0 Å². The normalized spacial score (nSPS) is 19.7. The van der Waals surface area contributed by atoms with E-state index in [2.05, 4.69) is 57.2 Å². The largest absolute Gasteiger partial charge is 0.323 e. The number of fused-ring (bicyclic) bond motifs is 1. The highest BCUT2D eigenvalue weighted by Gasteiger charge is 2.32. The lowest BCUT2D eigenvalue weighted by atomic mass is 9.73.